The predicted octanol–water partition coefficient (Wildman–Crippen LogP) is 4.21. The van der Waals surface area contributed by atoms with E-state index in [1.165, 1.54) is 0 Å². The van der Waals surface area contributed by atoms with Crippen LogP contribution in [0.15, 0.2) is 72.8 Å². The molecule has 0 radical (unpaired) electrons. The van der Waals surface area contributed by atoms with Crippen molar-refractivity contribution in [2.24, 2.45) is 0 Å². The Bertz CT molecular complexity index is 1600. The van der Waals surface area contributed by atoms with E-state index in [0.717, 1.165) is 34.1 Å². The molecule has 0 aliphatic carbocycles. The largest absolute Gasteiger partial charge is 0.374 e. The Morgan fingerprint density at radius 1 is 1.06 bits per heavy atom. The van der Waals surface area contributed by atoms with E-state index >= 15 is 0 Å². The number of ether oxygens (including phenoxy) is 1. The first-order valence-corrected chi connectivity index (χ1v) is 12.3. The molecule has 2 aliphatic rings. The highest BCUT2D eigenvalue weighted by Gasteiger charge is 2.42. The number of para-hydroxylation sites is 1. The Morgan fingerprint density at radius 2 is 1.89 bits per heavy atom. The molecular formula is C28H26N6O2. The molecule has 0 saturated carbocycles. The fourth-order valence-electron chi connectivity index (χ4n) is 5.51. The van der Waals surface area contributed by atoms with Crippen molar-refractivity contribution in [3.8, 4) is 5.95 Å². The maximum atomic E-state index is 13.6. The number of likely N-dealkylation sites (tertiary alicyclic amines) is 1. The molecule has 5 aromatic rings. The monoisotopic (exact) mass is 478 g/mol. The van der Waals surface area contributed by atoms with Crippen molar-refractivity contribution in [1.82, 2.24) is 24.1 Å². The van der Waals surface area contributed by atoms with Crippen molar-refractivity contribution in [2.45, 2.75) is 32.0 Å². The average molecular weight is 479 g/mol. The van der Waals surface area contributed by atoms with Crippen LogP contribution in [0, 0.1) is 6.92 Å². The molecule has 2 bridgehead atoms. The Balaban J connectivity index is 1.36. The number of morpholine rings is 1. The van der Waals surface area contributed by atoms with Crippen LogP contribution >= 0.6 is 0 Å². The lowest BCUT2D eigenvalue weighted by Crippen LogP contribution is -2.42. The van der Waals surface area contributed by atoms with Gasteiger partial charge in [-0.1, -0.05) is 48.5 Å². The standard InChI is InChI=1S/C28H26N6O2/c1-18-13-20-9-5-6-10-23(20)33(18)28-30-26(29-15-19-7-3-2-4-8-19)24-11-12-25(34(24)31-28)27(35)32-16-22-14-21(32)17-36-22/h2-13,21-22H,14-17H2,1H3,(H,29,30,31). The molecule has 0 spiro atoms. The summed E-state index contributed by atoms with van der Waals surface area (Å²) in [7, 11) is 0. The van der Waals surface area contributed by atoms with Crippen LogP contribution in [-0.4, -0.2) is 55.3 Å². The van der Waals surface area contributed by atoms with E-state index in [1.807, 2.05) is 58.9 Å². The van der Waals surface area contributed by atoms with Gasteiger partial charge in [0.15, 0.2) is 5.82 Å². The number of fused-ring (bicyclic) bond motifs is 4. The minimum Gasteiger partial charge on any atom is -0.374 e. The molecule has 2 fully saturated rings. The van der Waals surface area contributed by atoms with Crippen LogP contribution in [-0.2, 0) is 11.3 Å². The third-order valence-electron chi connectivity index (χ3n) is 7.28. The van der Waals surface area contributed by atoms with Crippen LogP contribution in [0.4, 0.5) is 5.82 Å². The zero-order chi connectivity index (χ0) is 24.2. The number of amides is 1. The summed E-state index contributed by atoms with van der Waals surface area (Å²) in [5, 5.41) is 9.52. The van der Waals surface area contributed by atoms with E-state index in [1.54, 1.807) is 4.52 Å². The quantitative estimate of drug-likeness (QED) is 0.410. The lowest BCUT2D eigenvalue weighted by Gasteiger charge is -2.26. The molecule has 2 atom stereocenters. The number of hydrogen-bond donors (Lipinski definition) is 1. The van der Waals surface area contributed by atoms with E-state index in [4.69, 9.17) is 14.8 Å². The normalized spacial score (nSPS) is 19.0. The van der Waals surface area contributed by atoms with E-state index in [-0.39, 0.29) is 18.1 Å². The molecule has 1 amide bonds. The van der Waals surface area contributed by atoms with E-state index < -0.39 is 0 Å². The molecule has 3 aromatic heterocycles. The van der Waals surface area contributed by atoms with Crippen LogP contribution in [0.5, 0.6) is 0 Å². The van der Waals surface area contributed by atoms with Crippen LogP contribution in [0.2, 0.25) is 0 Å². The molecule has 2 unspecified atom stereocenters. The van der Waals surface area contributed by atoms with Gasteiger partial charge in [-0.25, -0.2) is 4.52 Å². The first-order chi connectivity index (χ1) is 17.7. The number of carbonyl (C=O) groups excluding carboxylic acids is 1. The summed E-state index contributed by atoms with van der Waals surface area (Å²) in [6, 6.07) is 24.4. The topological polar surface area (TPSA) is 76.7 Å². The lowest BCUT2D eigenvalue weighted by atomic mass is 10.2. The van der Waals surface area contributed by atoms with Crippen LogP contribution in [0.3, 0.4) is 0 Å². The van der Waals surface area contributed by atoms with Crippen molar-refractivity contribution >= 4 is 28.1 Å². The van der Waals surface area contributed by atoms with Gasteiger partial charge in [0.1, 0.15) is 11.2 Å². The van der Waals surface area contributed by atoms with Crippen molar-refractivity contribution < 1.29 is 9.53 Å². The maximum absolute atomic E-state index is 13.6. The molecule has 2 saturated heterocycles. The Labute approximate surface area is 208 Å². The Morgan fingerprint density at radius 3 is 2.69 bits per heavy atom. The van der Waals surface area contributed by atoms with E-state index in [2.05, 4.69) is 35.6 Å². The molecule has 5 heterocycles. The van der Waals surface area contributed by atoms with Crippen molar-refractivity contribution in [3.63, 3.8) is 0 Å². The van der Waals surface area contributed by atoms with Gasteiger partial charge >= 0.3 is 0 Å². The molecule has 36 heavy (non-hydrogen) atoms. The second kappa shape index (κ2) is 8.20. The number of rotatable bonds is 5. The molecule has 8 nitrogen and oxygen atoms in total. The van der Waals surface area contributed by atoms with Crippen LogP contribution in [0.25, 0.3) is 22.4 Å². The van der Waals surface area contributed by atoms with Gasteiger partial charge in [-0.3, -0.25) is 9.36 Å². The van der Waals surface area contributed by atoms with Crippen molar-refractivity contribution in [2.75, 3.05) is 18.5 Å². The number of aryl methyl sites for hydroxylation is 1. The van der Waals surface area contributed by atoms with Gasteiger partial charge in [-0.05, 0) is 43.2 Å². The molecular weight excluding hydrogens is 452 g/mol. The number of hydrogen-bond acceptors (Lipinski definition) is 5. The number of nitrogens with zero attached hydrogens (tertiary/aromatic N) is 5. The molecule has 7 rings (SSSR count). The van der Waals surface area contributed by atoms with E-state index in [0.29, 0.717) is 37.2 Å². The lowest BCUT2D eigenvalue weighted by molar-refractivity contribution is 0.0254. The number of carbonyl (C=O) groups is 1. The SMILES string of the molecule is Cc1cc2ccccc2n1-c1nc(NCc2ccccc2)c2ccc(C(=O)N3CC4CC3CO4)n2n1. The van der Waals surface area contributed by atoms with Crippen molar-refractivity contribution in [1.29, 1.82) is 0 Å². The average Bonchev–Trinajstić information content (AvgIpc) is 3.69. The highest BCUT2D eigenvalue weighted by atomic mass is 16.5. The summed E-state index contributed by atoms with van der Waals surface area (Å²) in [6.07, 6.45) is 1.06. The van der Waals surface area contributed by atoms with Gasteiger partial charge in [0, 0.05) is 24.2 Å². The second-order valence-electron chi connectivity index (χ2n) is 9.60. The number of aromatic nitrogens is 4. The molecule has 2 aliphatic heterocycles. The van der Waals surface area contributed by atoms with Crippen molar-refractivity contribution in [3.05, 3.63) is 89.7 Å². The fourth-order valence-corrected chi connectivity index (χ4v) is 5.51. The maximum Gasteiger partial charge on any atom is 0.272 e. The molecule has 180 valence electrons. The smallest absolute Gasteiger partial charge is 0.272 e. The van der Waals surface area contributed by atoms with Gasteiger partial charge in [0.25, 0.3) is 11.9 Å². The zero-order valence-corrected chi connectivity index (χ0v) is 20.0. The number of nitrogens with one attached hydrogen (secondary N) is 1. The summed E-state index contributed by atoms with van der Waals surface area (Å²) in [5.41, 5.74) is 4.51. The molecule has 2 aromatic carbocycles. The van der Waals surface area contributed by atoms with Gasteiger partial charge < -0.3 is 15.0 Å². The van der Waals surface area contributed by atoms with Gasteiger partial charge in [0.05, 0.1) is 24.3 Å². The highest BCUT2D eigenvalue weighted by molar-refractivity contribution is 5.95. The second-order valence-corrected chi connectivity index (χ2v) is 9.60. The minimum absolute atomic E-state index is 0.0152. The van der Waals surface area contributed by atoms with E-state index in [9.17, 15) is 4.79 Å². The molecule has 1 N–H and O–H groups in total. The zero-order valence-electron chi connectivity index (χ0n) is 20.0. The Hall–Kier alpha value is -4.17. The van der Waals surface area contributed by atoms with Gasteiger partial charge in [-0.15, -0.1) is 5.10 Å². The fraction of sp³-hybridized carbons (Fsp3) is 0.250. The van der Waals surface area contributed by atoms with Gasteiger partial charge in [0.2, 0.25) is 0 Å². The number of benzene rings is 2. The summed E-state index contributed by atoms with van der Waals surface area (Å²) in [4.78, 5) is 20.5. The molecule has 8 heteroatoms. The predicted molar refractivity (Wildman–Crippen MR) is 138 cm³/mol. The third-order valence-corrected chi connectivity index (χ3v) is 7.28. The van der Waals surface area contributed by atoms with Gasteiger partial charge in [-0.2, -0.15) is 4.98 Å². The number of anilines is 1. The highest BCUT2D eigenvalue weighted by Crippen LogP contribution is 2.30. The third kappa shape index (κ3) is 3.37. The minimum atomic E-state index is -0.0152. The van der Waals surface area contributed by atoms with Crippen LogP contribution in [0.1, 0.15) is 28.2 Å². The summed E-state index contributed by atoms with van der Waals surface area (Å²) < 4.78 is 9.51. The summed E-state index contributed by atoms with van der Waals surface area (Å²) in [6.45, 7) is 3.90. The first kappa shape index (κ1) is 21.1. The summed E-state index contributed by atoms with van der Waals surface area (Å²) >= 11 is 0. The summed E-state index contributed by atoms with van der Waals surface area (Å²) in [5.74, 6) is 1.19. The van der Waals surface area contributed by atoms with Crippen LogP contribution < -0.4 is 5.32 Å². The first-order valence-electron chi connectivity index (χ1n) is 12.3. The Kier molecular flexibility index (Phi) is 4.82.